The number of morpholine rings is 1. The molecule has 0 unspecified atom stereocenters. The van der Waals surface area contributed by atoms with E-state index in [4.69, 9.17) is 4.74 Å². The van der Waals surface area contributed by atoms with Crippen molar-refractivity contribution in [1.82, 2.24) is 14.9 Å². The first-order valence-corrected chi connectivity index (χ1v) is 12.2. The highest BCUT2D eigenvalue weighted by atomic mass is 16.5. The van der Waals surface area contributed by atoms with Gasteiger partial charge in [0.15, 0.2) is 0 Å². The Kier molecular flexibility index (Phi) is 13.8. The molecule has 2 aliphatic heterocycles. The second-order valence-electron chi connectivity index (χ2n) is 7.48. The van der Waals surface area contributed by atoms with E-state index in [1.165, 1.54) is 11.1 Å². The number of nitrogens with zero attached hydrogens (tertiary/aromatic N) is 5. The van der Waals surface area contributed by atoms with Gasteiger partial charge in [-0.25, -0.2) is 9.97 Å². The first kappa shape index (κ1) is 28.4. The van der Waals surface area contributed by atoms with Crippen LogP contribution in [0.15, 0.2) is 36.7 Å². The molecule has 33 heavy (non-hydrogen) atoms. The van der Waals surface area contributed by atoms with Crippen LogP contribution >= 0.6 is 0 Å². The van der Waals surface area contributed by atoms with Gasteiger partial charge in [-0.1, -0.05) is 27.7 Å². The lowest BCUT2D eigenvalue weighted by atomic mass is 10.2. The molecule has 7 nitrogen and oxygen atoms in total. The van der Waals surface area contributed by atoms with E-state index < -0.39 is 0 Å². The Morgan fingerprint density at radius 2 is 1.18 bits per heavy atom. The third kappa shape index (κ3) is 9.78. The summed E-state index contributed by atoms with van der Waals surface area (Å²) in [7, 11) is 0. The number of hydrogen-bond acceptors (Lipinski definition) is 6. The van der Waals surface area contributed by atoms with Crippen LogP contribution in [-0.2, 0) is 9.53 Å². The summed E-state index contributed by atoms with van der Waals surface area (Å²) < 4.78 is 5.28. The molecule has 4 heterocycles. The van der Waals surface area contributed by atoms with Crippen molar-refractivity contribution in [2.45, 2.75) is 48.5 Å². The molecule has 4 rings (SSSR count). The fraction of sp³-hybridized carbons (Fsp3) is 0.577. The van der Waals surface area contributed by atoms with Crippen molar-refractivity contribution < 1.29 is 9.53 Å². The van der Waals surface area contributed by atoms with Crippen LogP contribution in [0, 0.1) is 13.8 Å². The maximum atomic E-state index is 11.2. The van der Waals surface area contributed by atoms with Crippen LogP contribution in [0.25, 0.3) is 0 Å². The van der Waals surface area contributed by atoms with E-state index in [1.807, 2.05) is 57.1 Å². The molecule has 0 aliphatic carbocycles. The summed E-state index contributed by atoms with van der Waals surface area (Å²) in [6, 6.07) is 8.22. The highest BCUT2D eigenvalue weighted by molar-refractivity contribution is 5.73. The summed E-state index contributed by atoms with van der Waals surface area (Å²) in [5.74, 6) is 2.25. The lowest BCUT2D eigenvalue weighted by Crippen LogP contribution is -2.48. The van der Waals surface area contributed by atoms with Crippen molar-refractivity contribution in [2.24, 2.45) is 0 Å². The van der Waals surface area contributed by atoms with E-state index >= 15 is 0 Å². The predicted octanol–water partition coefficient (Wildman–Crippen LogP) is 4.34. The number of carbonyl (C=O) groups is 1. The lowest BCUT2D eigenvalue weighted by molar-refractivity contribution is -0.129. The topological polar surface area (TPSA) is 61.8 Å². The molecule has 0 radical (unpaired) electrons. The van der Waals surface area contributed by atoms with Crippen molar-refractivity contribution in [3.63, 3.8) is 0 Å². The zero-order chi connectivity index (χ0) is 24.6. The molecule has 0 N–H and O–H groups in total. The fourth-order valence-electron chi connectivity index (χ4n) is 3.43. The average Bonchev–Trinajstić information content (AvgIpc) is 2.87. The molecule has 0 aromatic carbocycles. The monoisotopic (exact) mass is 457 g/mol. The van der Waals surface area contributed by atoms with Gasteiger partial charge in [0.2, 0.25) is 5.91 Å². The van der Waals surface area contributed by atoms with Crippen LogP contribution in [0.2, 0.25) is 0 Å². The number of piperazine rings is 1. The molecule has 0 bridgehead atoms. The number of hydrogen-bond donors (Lipinski definition) is 0. The van der Waals surface area contributed by atoms with Gasteiger partial charge in [0.25, 0.3) is 0 Å². The van der Waals surface area contributed by atoms with Gasteiger partial charge < -0.3 is 19.4 Å². The first-order chi connectivity index (χ1) is 16.0. The quantitative estimate of drug-likeness (QED) is 0.669. The van der Waals surface area contributed by atoms with Crippen molar-refractivity contribution in [3.05, 3.63) is 47.8 Å². The smallest absolute Gasteiger partial charge is 0.219 e. The fourth-order valence-corrected chi connectivity index (χ4v) is 3.43. The molecule has 2 aromatic heterocycles. The van der Waals surface area contributed by atoms with Gasteiger partial charge in [-0.3, -0.25) is 4.79 Å². The molecule has 0 spiro atoms. The Bertz CT molecular complexity index is 801. The van der Waals surface area contributed by atoms with Crippen LogP contribution < -0.4 is 9.80 Å². The van der Waals surface area contributed by atoms with Crippen molar-refractivity contribution in [1.29, 1.82) is 0 Å². The molecule has 2 fully saturated rings. The minimum atomic E-state index is 0.164. The summed E-state index contributed by atoms with van der Waals surface area (Å²) in [4.78, 5) is 26.2. The SMILES string of the molecule is CC.CC.CC(=O)N1CCN(c2cc(C)ccn2)CC1.Cc1ccnc(N2CCOCC2)c1. The van der Waals surface area contributed by atoms with Crippen molar-refractivity contribution in [2.75, 3.05) is 62.3 Å². The minimum absolute atomic E-state index is 0.164. The maximum Gasteiger partial charge on any atom is 0.219 e. The van der Waals surface area contributed by atoms with Crippen LogP contribution in [-0.4, -0.2) is 73.3 Å². The molecular weight excluding hydrogens is 414 g/mol. The molecule has 7 heteroatoms. The Balaban J connectivity index is 0.000000291. The third-order valence-corrected chi connectivity index (χ3v) is 5.19. The number of pyridine rings is 2. The highest BCUT2D eigenvalue weighted by Crippen LogP contribution is 2.15. The van der Waals surface area contributed by atoms with Gasteiger partial charge in [0.05, 0.1) is 13.2 Å². The van der Waals surface area contributed by atoms with Crippen LogP contribution in [0.1, 0.15) is 45.7 Å². The van der Waals surface area contributed by atoms with Gasteiger partial charge in [-0.2, -0.15) is 0 Å². The lowest BCUT2D eigenvalue weighted by Gasteiger charge is -2.34. The van der Waals surface area contributed by atoms with Gasteiger partial charge in [0.1, 0.15) is 11.6 Å². The highest BCUT2D eigenvalue weighted by Gasteiger charge is 2.19. The zero-order valence-corrected chi connectivity index (χ0v) is 21.7. The van der Waals surface area contributed by atoms with Gasteiger partial charge in [-0.05, 0) is 49.2 Å². The van der Waals surface area contributed by atoms with Gasteiger partial charge >= 0.3 is 0 Å². The largest absolute Gasteiger partial charge is 0.378 e. The number of anilines is 2. The summed E-state index contributed by atoms with van der Waals surface area (Å²) in [6.07, 6.45) is 3.70. The van der Waals surface area contributed by atoms with E-state index in [-0.39, 0.29) is 5.91 Å². The average molecular weight is 458 g/mol. The number of carbonyl (C=O) groups excluding carboxylic acids is 1. The van der Waals surface area contributed by atoms with Crippen LogP contribution in [0.4, 0.5) is 11.6 Å². The van der Waals surface area contributed by atoms with Crippen molar-refractivity contribution in [3.8, 4) is 0 Å². The molecule has 0 saturated carbocycles. The number of rotatable bonds is 2. The molecule has 2 saturated heterocycles. The predicted molar refractivity (Wildman–Crippen MR) is 138 cm³/mol. The summed E-state index contributed by atoms with van der Waals surface area (Å²) >= 11 is 0. The molecule has 184 valence electrons. The normalized spacial score (nSPS) is 15.2. The van der Waals surface area contributed by atoms with E-state index in [2.05, 4.69) is 45.7 Å². The third-order valence-electron chi connectivity index (χ3n) is 5.19. The van der Waals surface area contributed by atoms with E-state index in [0.717, 1.165) is 64.1 Å². The molecule has 0 atom stereocenters. The van der Waals surface area contributed by atoms with Crippen molar-refractivity contribution >= 4 is 17.5 Å². The Morgan fingerprint density at radius 1 is 0.758 bits per heavy atom. The zero-order valence-electron chi connectivity index (χ0n) is 21.7. The number of amides is 1. The standard InChI is InChI=1S/C12H17N3O.C10H14N2O.2C2H6/c1-10-3-4-13-12(9-10)15-7-5-14(6-8-15)11(2)16;1-9-2-3-11-10(8-9)12-4-6-13-7-5-12;2*1-2/h3-4,9H,5-8H2,1-2H3;2-3,8H,4-7H2,1H3;2*1-2H3. The number of aryl methyl sites for hydroxylation is 2. The molecule has 2 aliphatic rings. The van der Waals surface area contributed by atoms with E-state index in [1.54, 1.807) is 6.92 Å². The first-order valence-electron chi connectivity index (χ1n) is 12.2. The Morgan fingerprint density at radius 3 is 1.58 bits per heavy atom. The Labute approximate surface area is 200 Å². The Hall–Kier alpha value is -2.67. The summed E-state index contributed by atoms with van der Waals surface area (Å²) in [5, 5.41) is 0. The molecular formula is C26H43N5O2. The van der Waals surface area contributed by atoms with Gasteiger partial charge in [0, 0.05) is 58.6 Å². The maximum absolute atomic E-state index is 11.2. The van der Waals surface area contributed by atoms with Crippen LogP contribution in [0.5, 0.6) is 0 Å². The molecule has 1 amide bonds. The second-order valence-corrected chi connectivity index (χ2v) is 7.48. The van der Waals surface area contributed by atoms with Gasteiger partial charge in [-0.15, -0.1) is 0 Å². The molecule has 2 aromatic rings. The van der Waals surface area contributed by atoms with E-state index in [9.17, 15) is 4.79 Å². The minimum Gasteiger partial charge on any atom is -0.378 e. The van der Waals surface area contributed by atoms with Crippen LogP contribution in [0.3, 0.4) is 0 Å². The summed E-state index contributed by atoms with van der Waals surface area (Å²) in [6.45, 7) is 20.7. The summed E-state index contributed by atoms with van der Waals surface area (Å²) in [5.41, 5.74) is 2.48. The number of ether oxygens (including phenoxy) is 1. The second kappa shape index (κ2) is 16.0. The number of aromatic nitrogens is 2. The van der Waals surface area contributed by atoms with E-state index in [0.29, 0.717) is 0 Å².